The Morgan fingerprint density at radius 1 is 0.375 bits per heavy atom. The highest BCUT2D eigenvalue weighted by Crippen LogP contribution is 2.09. The van der Waals surface area contributed by atoms with Crippen molar-refractivity contribution in [3.05, 3.63) is 0 Å². The van der Waals surface area contributed by atoms with Crippen LogP contribution in [-0.2, 0) is 0 Å². The van der Waals surface area contributed by atoms with E-state index in [0.717, 1.165) is 11.5 Å². The summed E-state index contributed by atoms with van der Waals surface area (Å²) in [6.07, 6.45) is 1.25. The predicted octanol–water partition coefficient (Wildman–Crippen LogP) is 13.1. The van der Waals surface area contributed by atoms with E-state index in [1.165, 1.54) is 46.0 Å². The zero-order valence-electron chi connectivity index (χ0n) is 19.6. The number of hydrogen-bond donors (Lipinski definition) is 2. The molecule has 0 aromatic rings. The van der Waals surface area contributed by atoms with Crippen LogP contribution in [0.25, 0.3) is 0 Å². The number of hydrogen-bond acceptors (Lipinski definition) is 6. The second-order valence-corrected chi connectivity index (χ2v) is 11.3. The van der Waals surface area contributed by atoms with E-state index in [1.54, 1.807) is 0 Å². The lowest BCUT2D eigenvalue weighted by Gasteiger charge is -1.91. The first-order chi connectivity index (χ1) is 12.5. The Kier molecular flexibility index (Phi) is 315. The first-order valence-corrected chi connectivity index (χ1v) is 15.9. The molecule has 0 radical (unpaired) electrons. The van der Waals surface area contributed by atoms with Crippen LogP contribution in [0.5, 0.6) is 0 Å². The summed E-state index contributed by atoms with van der Waals surface area (Å²) in [7, 11) is 0. The summed E-state index contributed by atoms with van der Waals surface area (Å²) in [5.41, 5.74) is 0. The highest BCUT2D eigenvalue weighted by atomic mass is 32.2. The average molecular weight is 581 g/mol. The third kappa shape index (κ3) is 304. The van der Waals surface area contributed by atoms with E-state index in [9.17, 15) is 0 Å². The van der Waals surface area contributed by atoms with Crippen LogP contribution < -0.4 is 0 Å². The second-order valence-electron chi connectivity index (χ2n) is 4.01. The van der Waals surface area contributed by atoms with Crippen molar-refractivity contribution in [1.29, 1.82) is 0 Å². The van der Waals surface area contributed by atoms with Gasteiger partial charge in [-0.15, -0.1) is 0 Å². The summed E-state index contributed by atoms with van der Waals surface area (Å²) in [4.78, 5) is 0. The van der Waals surface area contributed by atoms with Crippen LogP contribution in [0, 0.1) is 0 Å². The Bertz CT molecular complexity index is 110. The van der Waals surface area contributed by atoms with Crippen LogP contribution >= 0.6 is 72.3 Å². The van der Waals surface area contributed by atoms with Crippen LogP contribution in [0.2, 0.25) is 0 Å². The molecule has 0 fully saturated rings. The molecule has 0 saturated heterocycles. The van der Waals surface area contributed by atoms with E-state index < -0.39 is 0 Å². The van der Waals surface area contributed by atoms with Gasteiger partial charge in [-0.05, 0) is 46.0 Å². The molecule has 0 amide bonds. The highest BCUT2D eigenvalue weighted by molar-refractivity contribution is 8.15. The first kappa shape index (κ1) is 76.5. The minimum absolute atomic E-state index is 0. The third-order valence-corrected chi connectivity index (χ3v) is 5.17. The number of thioether (sulfide) groups is 4. The molecule has 0 bridgehead atoms. The van der Waals surface area contributed by atoms with Gasteiger partial charge in [-0.1, -0.05) is 120 Å². The van der Waals surface area contributed by atoms with E-state index in [0.29, 0.717) is 0 Å². The van der Waals surface area contributed by atoms with Crippen molar-refractivity contribution >= 4 is 72.3 Å². The first-order valence-electron chi connectivity index (χ1n) is 10.0. The van der Waals surface area contributed by atoms with E-state index in [4.69, 9.17) is 0 Å². The minimum atomic E-state index is 0. The van der Waals surface area contributed by atoms with Crippen LogP contribution in [0.1, 0.15) is 120 Å². The van der Waals surface area contributed by atoms with E-state index in [2.05, 4.69) is 80.6 Å². The van der Waals surface area contributed by atoms with Crippen LogP contribution in [-0.4, -0.2) is 51.1 Å². The van der Waals surface area contributed by atoms with Gasteiger partial charge in [0, 0.05) is 5.08 Å². The maximum absolute atomic E-state index is 3.79. The van der Waals surface area contributed by atoms with Gasteiger partial charge in [0.1, 0.15) is 0 Å². The molecular weight excluding hydrogens is 505 g/mol. The lowest BCUT2D eigenvalue weighted by molar-refractivity contribution is 1.09. The van der Waals surface area contributed by atoms with Crippen molar-refractivity contribution in [3.63, 3.8) is 0 Å². The van der Waals surface area contributed by atoms with Crippen molar-refractivity contribution in [2.75, 3.05) is 51.1 Å². The van der Waals surface area contributed by atoms with Gasteiger partial charge in [0.2, 0.25) is 0 Å². The number of rotatable bonds is 8. The predicted molar refractivity (Wildman–Crippen MR) is 194 cm³/mol. The molecule has 0 aliphatic rings. The lowest BCUT2D eigenvalue weighted by Crippen LogP contribution is -1.71. The van der Waals surface area contributed by atoms with Crippen molar-refractivity contribution in [2.24, 2.45) is 0 Å². The molecule has 0 aliphatic carbocycles. The van der Waals surface area contributed by atoms with Gasteiger partial charge in [0.25, 0.3) is 0 Å². The lowest BCUT2D eigenvalue weighted by atomic mass is 10.6. The summed E-state index contributed by atoms with van der Waals surface area (Å²) in [5, 5.41) is 1.27. The van der Waals surface area contributed by atoms with Crippen LogP contribution in [0.15, 0.2) is 0 Å². The maximum Gasteiger partial charge on any atom is 0.0391 e. The topological polar surface area (TPSA) is 0 Å². The number of thiol groups is 2. The molecule has 0 spiro atoms. The van der Waals surface area contributed by atoms with Crippen molar-refractivity contribution in [3.8, 4) is 0 Å². The van der Waals surface area contributed by atoms with Gasteiger partial charge >= 0.3 is 0 Å². The molecule has 0 unspecified atom stereocenters. The molecule has 0 N–H and O–H groups in total. The van der Waals surface area contributed by atoms with Crippen LogP contribution in [0.4, 0.5) is 0 Å². The zero-order chi connectivity index (χ0) is 21.9. The SMILES string of the molecule is C.C.C.C.C.C.CCC.CCS.CCS.CCSCC.CCSCC.CCSCSCC. The van der Waals surface area contributed by atoms with Gasteiger partial charge in [0.15, 0.2) is 0 Å². The fourth-order valence-corrected chi connectivity index (χ4v) is 3.26. The van der Waals surface area contributed by atoms with Crippen LogP contribution in [0.3, 0.4) is 0 Å². The fraction of sp³-hybridized carbons (Fsp3) is 1.00. The summed E-state index contributed by atoms with van der Waals surface area (Å²) >= 11 is 15.5. The molecule has 0 atom stereocenters. The molecule has 6 heteroatoms. The quantitative estimate of drug-likeness (QED) is 0.166. The monoisotopic (exact) mass is 580 g/mol. The van der Waals surface area contributed by atoms with Gasteiger partial charge in [0.05, 0.1) is 0 Å². The Hall–Kier alpha value is 2.10. The average Bonchev–Trinajstić information content (AvgIpc) is 2.60. The largest absolute Gasteiger partial charge is 0.180 e. The normalized spacial score (nSPS) is 6.38. The fourth-order valence-electron chi connectivity index (χ4n) is 0.634. The van der Waals surface area contributed by atoms with Gasteiger partial charge in [-0.2, -0.15) is 72.3 Å². The third-order valence-electron chi connectivity index (χ3n) is 1.39. The molecule has 216 valence electrons. The van der Waals surface area contributed by atoms with Crippen molar-refractivity contribution < 1.29 is 0 Å². The maximum atomic E-state index is 3.79. The summed E-state index contributed by atoms with van der Waals surface area (Å²) < 4.78 is 0. The molecular formula is C26H76S6. The Labute approximate surface area is 242 Å². The summed E-state index contributed by atoms with van der Waals surface area (Å²) in [5.74, 6) is 9.44. The van der Waals surface area contributed by atoms with Gasteiger partial charge in [-0.3, -0.25) is 0 Å². The minimum Gasteiger partial charge on any atom is -0.180 e. The Balaban J connectivity index is -0.0000000149. The second kappa shape index (κ2) is 132. The smallest absolute Gasteiger partial charge is 0.0391 e. The molecule has 0 heterocycles. The van der Waals surface area contributed by atoms with E-state index in [-0.39, 0.29) is 44.6 Å². The molecule has 0 rings (SSSR count). The Morgan fingerprint density at radius 3 is 0.562 bits per heavy atom. The highest BCUT2D eigenvalue weighted by Gasteiger charge is 1.79. The van der Waals surface area contributed by atoms with Gasteiger partial charge in [-0.25, -0.2) is 0 Å². The summed E-state index contributed by atoms with van der Waals surface area (Å²) in [6, 6.07) is 0. The molecule has 0 aromatic carbocycles. The molecule has 0 nitrogen and oxygen atoms in total. The Morgan fingerprint density at radius 2 is 0.500 bits per heavy atom. The standard InChI is InChI=1S/C5H12S2.2C4H10S.C3H8.2C2H6S.6CH4/c1-3-6-5-7-4-2;2*1-3-5-4-2;1-3-2;2*1-2-3;;;;;;/h3-5H2,1-2H3;2*3-4H2,1-2H3;3H2,1-2H3;2*3H,2H2,1H3;6*1H4. The van der Waals surface area contributed by atoms with E-state index >= 15 is 0 Å². The van der Waals surface area contributed by atoms with Crippen molar-refractivity contribution in [2.45, 2.75) is 120 Å². The molecule has 0 saturated carbocycles. The zero-order valence-corrected chi connectivity index (χ0v) is 24.7. The molecule has 0 aliphatic heterocycles. The summed E-state index contributed by atoms with van der Waals surface area (Å²) in [6.45, 7) is 21.3. The van der Waals surface area contributed by atoms with Crippen molar-refractivity contribution in [1.82, 2.24) is 0 Å². The molecule has 32 heavy (non-hydrogen) atoms. The van der Waals surface area contributed by atoms with E-state index in [1.807, 2.05) is 60.9 Å². The van der Waals surface area contributed by atoms with Gasteiger partial charge < -0.3 is 0 Å². The molecule has 0 aromatic heterocycles.